The molecule has 2 heterocycles. The lowest BCUT2D eigenvalue weighted by atomic mass is 10.3. The van der Waals surface area contributed by atoms with Gasteiger partial charge in [-0.15, -0.1) is 0 Å². The fraction of sp³-hybridized carbons (Fsp3) is 0.214. The van der Waals surface area contributed by atoms with Gasteiger partial charge in [-0.3, -0.25) is 4.57 Å². The average Bonchev–Trinajstić information content (AvgIpc) is 2.76. The molecule has 0 radical (unpaired) electrons. The standard InChI is InChI=1S/C14H13ClN4O/c1-3-20-11-6-4-10(5-7-11)19-9(2)17-12-8-16-14(15)18-13(12)19/h4-8H,3H2,1-2H3. The number of nitrogens with zero attached hydrogens (tertiary/aromatic N) is 4. The highest BCUT2D eigenvalue weighted by Crippen LogP contribution is 2.22. The molecule has 102 valence electrons. The lowest BCUT2D eigenvalue weighted by Crippen LogP contribution is -1.99. The predicted molar refractivity (Wildman–Crippen MR) is 77.6 cm³/mol. The van der Waals surface area contributed by atoms with Crippen molar-refractivity contribution in [2.75, 3.05) is 6.61 Å². The van der Waals surface area contributed by atoms with Crippen LogP contribution < -0.4 is 4.74 Å². The summed E-state index contributed by atoms with van der Waals surface area (Å²) in [5, 5.41) is 0.213. The number of halogens is 1. The highest BCUT2D eigenvalue weighted by atomic mass is 35.5. The summed E-state index contributed by atoms with van der Waals surface area (Å²) >= 11 is 5.87. The van der Waals surface area contributed by atoms with Gasteiger partial charge in [0.1, 0.15) is 17.1 Å². The molecule has 0 saturated carbocycles. The van der Waals surface area contributed by atoms with Crippen LogP contribution in [0.4, 0.5) is 0 Å². The van der Waals surface area contributed by atoms with Crippen LogP contribution in [-0.2, 0) is 0 Å². The number of benzene rings is 1. The van der Waals surface area contributed by atoms with Crippen LogP contribution in [0.1, 0.15) is 12.7 Å². The van der Waals surface area contributed by atoms with Gasteiger partial charge in [0.25, 0.3) is 0 Å². The first-order valence-corrected chi connectivity index (χ1v) is 6.67. The molecule has 0 spiro atoms. The number of hydrogen-bond donors (Lipinski definition) is 0. The molecule has 2 aromatic heterocycles. The zero-order valence-electron chi connectivity index (χ0n) is 11.2. The Morgan fingerprint density at radius 3 is 2.65 bits per heavy atom. The molecule has 1 aromatic carbocycles. The van der Waals surface area contributed by atoms with Crippen molar-refractivity contribution in [3.8, 4) is 11.4 Å². The van der Waals surface area contributed by atoms with E-state index in [0.29, 0.717) is 12.3 Å². The van der Waals surface area contributed by atoms with E-state index in [9.17, 15) is 0 Å². The van der Waals surface area contributed by atoms with Gasteiger partial charge < -0.3 is 4.74 Å². The lowest BCUT2D eigenvalue weighted by molar-refractivity contribution is 0.340. The van der Waals surface area contributed by atoms with Crippen molar-refractivity contribution in [3.63, 3.8) is 0 Å². The van der Waals surface area contributed by atoms with Gasteiger partial charge in [0, 0.05) is 5.69 Å². The normalized spacial score (nSPS) is 10.9. The van der Waals surface area contributed by atoms with Crippen molar-refractivity contribution in [1.29, 1.82) is 0 Å². The van der Waals surface area contributed by atoms with Crippen LogP contribution in [0.3, 0.4) is 0 Å². The van der Waals surface area contributed by atoms with Crippen molar-refractivity contribution in [3.05, 3.63) is 41.6 Å². The van der Waals surface area contributed by atoms with Crippen molar-refractivity contribution < 1.29 is 4.74 Å². The van der Waals surface area contributed by atoms with Crippen LogP contribution in [0, 0.1) is 6.92 Å². The second-order valence-electron chi connectivity index (χ2n) is 4.27. The zero-order valence-corrected chi connectivity index (χ0v) is 11.9. The smallest absolute Gasteiger partial charge is 0.224 e. The monoisotopic (exact) mass is 288 g/mol. The molecule has 0 unspecified atom stereocenters. The van der Waals surface area contributed by atoms with E-state index >= 15 is 0 Å². The summed E-state index contributed by atoms with van der Waals surface area (Å²) in [6.07, 6.45) is 1.63. The number of rotatable bonds is 3. The largest absolute Gasteiger partial charge is 0.494 e. The Hall–Kier alpha value is -2.14. The Balaban J connectivity index is 2.13. The maximum absolute atomic E-state index is 5.87. The van der Waals surface area contributed by atoms with Gasteiger partial charge >= 0.3 is 0 Å². The van der Waals surface area contributed by atoms with E-state index < -0.39 is 0 Å². The third kappa shape index (κ3) is 2.20. The first-order chi connectivity index (χ1) is 9.69. The Morgan fingerprint density at radius 2 is 1.95 bits per heavy atom. The third-order valence-corrected chi connectivity index (χ3v) is 3.13. The van der Waals surface area contributed by atoms with Crippen molar-refractivity contribution in [1.82, 2.24) is 19.5 Å². The van der Waals surface area contributed by atoms with Gasteiger partial charge in [-0.2, -0.15) is 4.98 Å². The summed E-state index contributed by atoms with van der Waals surface area (Å²) in [6, 6.07) is 7.78. The maximum atomic E-state index is 5.87. The van der Waals surface area contributed by atoms with E-state index in [4.69, 9.17) is 16.3 Å². The van der Waals surface area contributed by atoms with Gasteiger partial charge in [0.05, 0.1) is 12.8 Å². The number of aromatic nitrogens is 4. The van der Waals surface area contributed by atoms with Gasteiger partial charge in [0.15, 0.2) is 5.65 Å². The molecule has 20 heavy (non-hydrogen) atoms. The van der Waals surface area contributed by atoms with Crippen molar-refractivity contribution in [2.45, 2.75) is 13.8 Å². The summed E-state index contributed by atoms with van der Waals surface area (Å²) in [7, 11) is 0. The Labute approximate surface area is 121 Å². The summed E-state index contributed by atoms with van der Waals surface area (Å²) in [5.41, 5.74) is 2.38. The fourth-order valence-electron chi connectivity index (χ4n) is 2.13. The van der Waals surface area contributed by atoms with E-state index in [2.05, 4.69) is 15.0 Å². The minimum atomic E-state index is 0.213. The van der Waals surface area contributed by atoms with Gasteiger partial charge in [-0.1, -0.05) is 0 Å². The Morgan fingerprint density at radius 1 is 1.20 bits per heavy atom. The highest BCUT2D eigenvalue weighted by molar-refractivity contribution is 6.28. The number of hydrogen-bond acceptors (Lipinski definition) is 4. The van der Waals surface area contributed by atoms with E-state index in [1.165, 1.54) is 0 Å². The number of imidazole rings is 1. The minimum absolute atomic E-state index is 0.213. The first-order valence-electron chi connectivity index (χ1n) is 6.30. The molecule has 0 aliphatic rings. The van der Waals surface area contributed by atoms with Gasteiger partial charge in [-0.25, -0.2) is 9.97 Å². The van der Waals surface area contributed by atoms with Gasteiger partial charge in [-0.05, 0) is 49.7 Å². The predicted octanol–water partition coefficient (Wildman–Crippen LogP) is 3.18. The topological polar surface area (TPSA) is 52.8 Å². The Bertz CT molecular complexity index is 752. The zero-order chi connectivity index (χ0) is 14.1. The van der Waals surface area contributed by atoms with Crippen molar-refractivity contribution in [2.24, 2.45) is 0 Å². The van der Waals surface area contributed by atoms with E-state index in [1.807, 2.05) is 42.7 Å². The van der Waals surface area contributed by atoms with E-state index in [-0.39, 0.29) is 5.28 Å². The third-order valence-electron chi connectivity index (χ3n) is 2.94. The molecule has 6 heteroatoms. The molecule has 0 atom stereocenters. The lowest BCUT2D eigenvalue weighted by Gasteiger charge is -2.08. The molecule has 0 aliphatic heterocycles. The summed E-state index contributed by atoms with van der Waals surface area (Å²) in [6.45, 7) is 4.53. The molecule has 0 amide bonds. The Kier molecular flexibility index (Phi) is 3.28. The molecule has 0 bridgehead atoms. The quantitative estimate of drug-likeness (QED) is 0.695. The highest BCUT2D eigenvalue weighted by Gasteiger charge is 2.11. The SMILES string of the molecule is CCOc1ccc(-n2c(C)nc3cnc(Cl)nc32)cc1. The molecule has 5 nitrogen and oxygen atoms in total. The average molecular weight is 289 g/mol. The van der Waals surface area contributed by atoms with Crippen LogP contribution in [0.15, 0.2) is 30.5 Å². The second kappa shape index (κ2) is 5.09. The fourth-order valence-corrected chi connectivity index (χ4v) is 2.26. The molecular formula is C14H13ClN4O. The van der Waals surface area contributed by atoms with Crippen molar-refractivity contribution >= 4 is 22.8 Å². The van der Waals surface area contributed by atoms with Crippen LogP contribution in [0.5, 0.6) is 5.75 Å². The van der Waals surface area contributed by atoms with Crippen LogP contribution in [0.25, 0.3) is 16.9 Å². The number of ether oxygens (including phenoxy) is 1. The molecule has 3 rings (SSSR count). The molecule has 0 aliphatic carbocycles. The second-order valence-corrected chi connectivity index (χ2v) is 4.61. The van der Waals surface area contributed by atoms with Crippen LogP contribution in [0.2, 0.25) is 5.28 Å². The van der Waals surface area contributed by atoms with E-state index in [1.54, 1.807) is 6.20 Å². The van der Waals surface area contributed by atoms with Gasteiger partial charge in [0.2, 0.25) is 5.28 Å². The minimum Gasteiger partial charge on any atom is -0.494 e. The number of fused-ring (bicyclic) bond motifs is 1. The molecule has 0 fully saturated rings. The number of aryl methyl sites for hydroxylation is 1. The summed E-state index contributed by atoms with van der Waals surface area (Å²) in [4.78, 5) is 12.6. The van der Waals surface area contributed by atoms with E-state index in [0.717, 1.165) is 22.8 Å². The summed E-state index contributed by atoms with van der Waals surface area (Å²) < 4.78 is 7.39. The molecule has 0 saturated heterocycles. The van der Waals surface area contributed by atoms with Crippen LogP contribution >= 0.6 is 11.6 Å². The maximum Gasteiger partial charge on any atom is 0.224 e. The molecule has 0 N–H and O–H groups in total. The first kappa shape index (κ1) is 12.9. The van der Waals surface area contributed by atoms with Crippen LogP contribution in [-0.4, -0.2) is 26.1 Å². The summed E-state index contributed by atoms with van der Waals surface area (Å²) in [5.74, 6) is 1.67. The molecule has 3 aromatic rings. The molecular weight excluding hydrogens is 276 g/mol.